The average Bonchev–Trinajstić information content (AvgIpc) is 3.14. The maximum Gasteiger partial charge on any atom is 0.230 e. The molecule has 0 spiro atoms. The molecule has 0 aliphatic rings. The monoisotopic (exact) mass is 518 g/mol. The molecule has 29 heavy (non-hydrogen) atoms. The fourth-order valence-electron chi connectivity index (χ4n) is 2.77. The van der Waals surface area contributed by atoms with Gasteiger partial charge in [-0.1, -0.05) is 12.1 Å². The highest BCUT2D eigenvalue weighted by atomic mass is 79.9. The smallest absolute Gasteiger partial charge is 0.230 e. The maximum atomic E-state index is 14.0. The Labute approximate surface area is 182 Å². The molecule has 0 atom stereocenters. The van der Waals surface area contributed by atoms with Gasteiger partial charge in [0.2, 0.25) is 5.89 Å². The van der Waals surface area contributed by atoms with Crippen molar-refractivity contribution in [3.8, 4) is 23.0 Å². The highest BCUT2D eigenvalue weighted by Crippen LogP contribution is 2.39. The molecule has 0 saturated heterocycles. The predicted octanol–water partition coefficient (Wildman–Crippen LogP) is 6.62. The van der Waals surface area contributed by atoms with Crippen LogP contribution in [0.3, 0.4) is 0 Å². The van der Waals surface area contributed by atoms with Gasteiger partial charge in [0.1, 0.15) is 11.3 Å². The number of ether oxygens (including phenoxy) is 1. The molecule has 0 unspecified atom stereocenters. The third-order valence-electron chi connectivity index (χ3n) is 4.23. The first-order valence-corrected chi connectivity index (χ1v) is 10.0. The molecule has 0 bridgehead atoms. The van der Waals surface area contributed by atoms with Gasteiger partial charge < -0.3 is 14.3 Å². The van der Waals surface area contributed by atoms with E-state index in [-0.39, 0.29) is 11.6 Å². The number of nitrogens with zero attached hydrogens (tertiary/aromatic N) is 2. The van der Waals surface area contributed by atoms with E-state index in [0.29, 0.717) is 38.1 Å². The SMILES string of the molecule is COc1cc(Br)c(Br)c(C=Nc2ccc3oc(-c4ccccc4F)nc3c2)c1O. The molecule has 1 heterocycles. The Kier molecular flexibility index (Phi) is 5.38. The van der Waals surface area contributed by atoms with Gasteiger partial charge in [-0.2, -0.15) is 0 Å². The first-order valence-electron chi connectivity index (χ1n) is 8.42. The fourth-order valence-corrected chi connectivity index (χ4v) is 3.60. The molecular formula is C21H13Br2FN2O3. The Morgan fingerprint density at radius 2 is 1.97 bits per heavy atom. The lowest BCUT2D eigenvalue weighted by Gasteiger charge is -2.09. The molecule has 0 radical (unpaired) electrons. The Morgan fingerprint density at radius 3 is 2.72 bits per heavy atom. The van der Waals surface area contributed by atoms with Gasteiger partial charge >= 0.3 is 0 Å². The second-order valence-electron chi connectivity index (χ2n) is 6.05. The number of hydrogen-bond donors (Lipinski definition) is 1. The number of phenolic OH excluding ortho intramolecular Hbond substituents is 1. The van der Waals surface area contributed by atoms with Crippen LogP contribution in [0.1, 0.15) is 5.56 Å². The summed E-state index contributed by atoms with van der Waals surface area (Å²) < 4.78 is 26.2. The van der Waals surface area contributed by atoms with Crippen molar-refractivity contribution in [1.29, 1.82) is 0 Å². The van der Waals surface area contributed by atoms with E-state index in [9.17, 15) is 9.50 Å². The summed E-state index contributed by atoms with van der Waals surface area (Å²) in [6.07, 6.45) is 1.52. The molecule has 4 rings (SSSR count). The third-order valence-corrected chi connectivity index (χ3v) is 6.24. The zero-order chi connectivity index (χ0) is 20.5. The number of benzene rings is 3. The van der Waals surface area contributed by atoms with Crippen LogP contribution in [0.15, 0.2) is 66.9 Å². The normalized spacial score (nSPS) is 11.4. The maximum absolute atomic E-state index is 14.0. The van der Waals surface area contributed by atoms with Crippen molar-refractivity contribution in [2.75, 3.05) is 7.11 Å². The van der Waals surface area contributed by atoms with Crippen molar-refractivity contribution in [3.63, 3.8) is 0 Å². The van der Waals surface area contributed by atoms with Crippen LogP contribution in [0.25, 0.3) is 22.6 Å². The minimum atomic E-state index is -0.402. The minimum Gasteiger partial charge on any atom is -0.504 e. The summed E-state index contributed by atoms with van der Waals surface area (Å²) in [5, 5.41) is 10.4. The Bertz CT molecular complexity index is 1250. The first kappa shape index (κ1) is 19.6. The molecule has 1 aromatic heterocycles. The predicted molar refractivity (Wildman–Crippen MR) is 117 cm³/mol. The van der Waals surface area contributed by atoms with E-state index in [0.717, 1.165) is 4.47 Å². The molecule has 0 fully saturated rings. The molecule has 146 valence electrons. The Hall–Kier alpha value is -2.71. The van der Waals surface area contributed by atoms with Crippen molar-refractivity contribution in [1.82, 2.24) is 4.98 Å². The van der Waals surface area contributed by atoms with Crippen molar-refractivity contribution >= 4 is 54.9 Å². The number of methoxy groups -OCH3 is 1. The van der Waals surface area contributed by atoms with Gasteiger partial charge in [0, 0.05) is 15.2 Å². The minimum absolute atomic E-state index is 0.0318. The van der Waals surface area contributed by atoms with Crippen molar-refractivity contribution in [2.24, 2.45) is 4.99 Å². The highest BCUT2D eigenvalue weighted by molar-refractivity contribution is 9.13. The van der Waals surface area contributed by atoms with Crippen molar-refractivity contribution < 1.29 is 18.7 Å². The summed E-state index contributed by atoms with van der Waals surface area (Å²) in [6, 6.07) is 13.1. The molecule has 8 heteroatoms. The lowest BCUT2D eigenvalue weighted by molar-refractivity contribution is 0.372. The van der Waals surface area contributed by atoms with E-state index in [1.165, 1.54) is 19.4 Å². The molecule has 0 amide bonds. The number of oxazole rings is 1. The van der Waals surface area contributed by atoms with Gasteiger partial charge in [0.25, 0.3) is 0 Å². The van der Waals surface area contributed by atoms with Gasteiger partial charge in [-0.15, -0.1) is 0 Å². The summed E-state index contributed by atoms with van der Waals surface area (Å²) in [5.41, 5.74) is 2.42. The van der Waals surface area contributed by atoms with E-state index in [1.807, 2.05) is 0 Å². The number of rotatable bonds is 4. The molecule has 0 saturated carbocycles. The van der Waals surface area contributed by atoms with Crippen LogP contribution in [0.5, 0.6) is 11.5 Å². The lowest BCUT2D eigenvalue weighted by atomic mass is 10.2. The largest absolute Gasteiger partial charge is 0.504 e. The van der Waals surface area contributed by atoms with Crippen LogP contribution in [0.4, 0.5) is 10.1 Å². The topological polar surface area (TPSA) is 67.9 Å². The number of aromatic nitrogens is 1. The summed E-state index contributed by atoms with van der Waals surface area (Å²) in [5.74, 6) is 0.0938. The zero-order valence-electron chi connectivity index (χ0n) is 15.0. The van der Waals surface area contributed by atoms with E-state index in [2.05, 4.69) is 41.8 Å². The van der Waals surface area contributed by atoms with Crippen LogP contribution in [0.2, 0.25) is 0 Å². The second kappa shape index (κ2) is 7.96. The number of hydrogen-bond acceptors (Lipinski definition) is 5. The second-order valence-corrected chi connectivity index (χ2v) is 7.69. The van der Waals surface area contributed by atoms with E-state index >= 15 is 0 Å². The molecular weight excluding hydrogens is 507 g/mol. The Morgan fingerprint density at radius 1 is 1.17 bits per heavy atom. The van der Waals surface area contributed by atoms with Crippen molar-refractivity contribution in [3.05, 3.63) is 68.9 Å². The molecule has 0 aliphatic heterocycles. The lowest BCUT2D eigenvalue weighted by Crippen LogP contribution is -1.91. The summed E-state index contributed by atoms with van der Waals surface area (Å²) in [6.45, 7) is 0. The molecule has 5 nitrogen and oxygen atoms in total. The van der Waals surface area contributed by atoms with Crippen LogP contribution in [-0.2, 0) is 0 Å². The standard InChI is InChI=1S/C21H13Br2FN2O3/c1-28-18-9-14(22)19(23)13(20(18)27)10-25-11-6-7-17-16(8-11)26-21(29-17)12-4-2-3-5-15(12)24/h2-10,27H,1H3. The summed E-state index contributed by atoms with van der Waals surface area (Å²) in [7, 11) is 1.47. The number of fused-ring (bicyclic) bond motifs is 1. The van der Waals surface area contributed by atoms with E-state index in [4.69, 9.17) is 9.15 Å². The highest BCUT2D eigenvalue weighted by Gasteiger charge is 2.15. The van der Waals surface area contributed by atoms with Crippen LogP contribution < -0.4 is 4.74 Å². The van der Waals surface area contributed by atoms with Gasteiger partial charge in [-0.05, 0) is 68.3 Å². The number of halogens is 3. The average molecular weight is 520 g/mol. The van der Waals surface area contributed by atoms with Crippen LogP contribution in [0, 0.1) is 5.82 Å². The van der Waals surface area contributed by atoms with E-state index < -0.39 is 5.82 Å². The van der Waals surface area contributed by atoms with E-state index in [1.54, 1.807) is 42.5 Å². The fraction of sp³-hybridized carbons (Fsp3) is 0.0476. The van der Waals surface area contributed by atoms with Crippen LogP contribution >= 0.6 is 31.9 Å². The zero-order valence-corrected chi connectivity index (χ0v) is 18.2. The number of phenols is 1. The molecule has 3 aromatic carbocycles. The molecule has 4 aromatic rings. The number of aromatic hydroxyl groups is 1. The van der Waals surface area contributed by atoms with Gasteiger partial charge in [-0.25, -0.2) is 9.37 Å². The first-order chi connectivity index (χ1) is 14.0. The third kappa shape index (κ3) is 3.77. The summed E-state index contributed by atoms with van der Waals surface area (Å²) in [4.78, 5) is 8.79. The Balaban J connectivity index is 1.71. The van der Waals surface area contributed by atoms with Crippen LogP contribution in [-0.4, -0.2) is 23.4 Å². The quantitative estimate of drug-likeness (QED) is 0.307. The molecule has 0 aliphatic carbocycles. The van der Waals surface area contributed by atoms with Gasteiger partial charge in [0.05, 0.1) is 23.9 Å². The number of aliphatic imine (C=N–C) groups is 1. The molecule has 1 N–H and O–H groups in total. The van der Waals surface area contributed by atoms with Gasteiger partial charge in [-0.3, -0.25) is 4.99 Å². The van der Waals surface area contributed by atoms with Gasteiger partial charge in [0.15, 0.2) is 17.1 Å². The summed E-state index contributed by atoms with van der Waals surface area (Å²) >= 11 is 6.84. The van der Waals surface area contributed by atoms with Crippen molar-refractivity contribution in [2.45, 2.75) is 0 Å².